The summed E-state index contributed by atoms with van der Waals surface area (Å²) in [6, 6.07) is 0.396. The highest BCUT2D eigenvalue weighted by molar-refractivity contribution is 14.1. The number of nitrogens with zero attached hydrogens (tertiary/aromatic N) is 1. The number of halogens is 1. The molecule has 70 valence electrons. The zero-order chi connectivity index (χ0) is 9.40. The molecule has 0 aliphatic rings. The fourth-order valence-electron chi connectivity index (χ4n) is 1.16. The molecule has 0 aromatic carbocycles. The van der Waals surface area contributed by atoms with Gasteiger partial charge in [-0.1, -0.05) is 49.3 Å². The molecule has 0 aliphatic carbocycles. The van der Waals surface area contributed by atoms with Gasteiger partial charge in [0.15, 0.2) is 0 Å². The Kier molecular flexibility index (Phi) is 8.50. The molecule has 12 heavy (non-hydrogen) atoms. The van der Waals surface area contributed by atoms with Crippen LogP contribution in [0, 0.1) is 0 Å². The molecule has 0 bridgehead atoms. The van der Waals surface area contributed by atoms with E-state index in [-0.39, 0.29) is 0 Å². The van der Waals surface area contributed by atoms with E-state index in [1.54, 1.807) is 0 Å². The molecule has 0 aromatic heterocycles. The van der Waals surface area contributed by atoms with Gasteiger partial charge in [0.25, 0.3) is 0 Å². The maximum atomic E-state index is 4.63. The van der Waals surface area contributed by atoms with Crippen LogP contribution in [-0.2, 0) is 0 Å². The zero-order valence-corrected chi connectivity index (χ0v) is 10.7. The van der Waals surface area contributed by atoms with E-state index in [0.717, 1.165) is 6.42 Å². The molecular formula is C9H16INS. The predicted octanol–water partition coefficient (Wildman–Crippen LogP) is 3.86. The van der Waals surface area contributed by atoms with Gasteiger partial charge < -0.3 is 0 Å². The SMILES string of the molecule is CCC[C@@H](I)[C@H](CCC)N=C=S. The van der Waals surface area contributed by atoms with Crippen LogP contribution in [0.3, 0.4) is 0 Å². The number of hydrogen-bond donors (Lipinski definition) is 0. The minimum absolute atomic E-state index is 0.396. The first-order valence-electron chi connectivity index (χ1n) is 4.47. The summed E-state index contributed by atoms with van der Waals surface area (Å²) < 4.78 is 0.628. The molecule has 3 heteroatoms. The van der Waals surface area contributed by atoms with Crippen molar-refractivity contribution in [3.63, 3.8) is 0 Å². The largest absolute Gasteiger partial charge is 0.228 e. The first-order valence-corrected chi connectivity index (χ1v) is 6.12. The van der Waals surface area contributed by atoms with Gasteiger partial charge in [-0.25, -0.2) is 4.99 Å². The molecule has 0 aromatic rings. The van der Waals surface area contributed by atoms with Gasteiger partial charge in [-0.15, -0.1) is 0 Å². The van der Waals surface area contributed by atoms with E-state index >= 15 is 0 Å². The summed E-state index contributed by atoms with van der Waals surface area (Å²) in [5.41, 5.74) is 0. The summed E-state index contributed by atoms with van der Waals surface area (Å²) in [7, 11) is 0. The van der Waals surface area contributed by atoms with Gasteiger partial charge in [0.1, 0.15) is 0 Å². The topological polar surface area (TPSA) is 12.4 Å². The van der Waals surface area contributed by atoms with E-state index in [1.165, 1.54) is 19.3 Å². The minimum Gasteiger partial charge on any atom is -0.228 e. The molecule has 0 unspecified atom stereocenters. The lowest BCUT2D eigenvalue weighted by Gasteiger charge is -2.15. The standard InChI is InChI=1S/C9H16INS/c1-3-5-8(10)9(6-4-2)11-7-12/h8-9H,3-6H2,1-2H3/t8-,9+/m1/s1. The maximum Gasteiger partial charge on any atom is 0.0720 e. The van der Waals surface area contributed by atoms with E-state index < -0.39 is 0 Å². The number of rotatable bonds is 6. The van der Waals surface area contributed by atoms with E-state index in [2.05, 4.69) is 58.8 Å². The summed E-state index contributed by atoms with van der Waals surface area (Å²) >= 11 is 7.10. The molecule has 0 radical (unpaired) electrons. The molecule has 0 saturated heterocycles. The highest BCUT2D eigenvalue weighted by Gasteiger charge is 2.15. The molecule has 1 nitrogen and oxygen atoms in total. The third-order valence-electron chi connectivity index (χ3n) is 1.78. The monoisotopic (exact) mass is 297 g/mol. The third-order valence-corrected chi connectivity index (χ3v) is 3.34. The second-order valence-electron chi connectivity index (χ2n) is 2.88. The number of thiocarbonyl (C=S) groups is 1. The Morgan fingerprint density at radius 3 is 2.33 bits per heavy atom. The van der Waals surface area contributed by atoms with Crippen molar-refractivity contribution in [3.05, 3.63) is 0 Å². The molecule has 0 fully saturated rings. The first kappa shape index (κ1) is 12.5. The van der Waals surface area contributed by atoms with Crippen molar-refractivity contribution in [3.8, 4) is 0 Å². The molecule has 0 aliphatic heterocycles. The smallest absolute Gasteiger partial charge is 0.0720 e. The van der Waals surface area contributed by atoms with Crippen molar-refractivity contribution in [1.29, 1.82) is 0 Å². The van der Waals surface area contributed by atoms with Crippen molar-refractivity contribution >= 4 is 40.0 Å². The van der Waals surface area contributed by atoms with Gasteiger partial charge in [-0.05, 0) is 25.1 Å². The summed E-state index contributed by atoms with van der Waals surface area (Å²) in [6.45, 7) is 4.39. The average molecular weight is 297 g/mol. The highest BCUT2D eigenvalue weighted by Crippen LogP contribution is 2.19. The summed E-state index contributed by atoms with van der Waals surface area (Å²) in [5, 5.41) is 2.50. The Morgan fingerprint density at radius 2 is 1.92 bits per heavy atom. The van der Waals surface area contributed by atoms with Crippen LogP contribution in [-0.4, -0.2) is 15.1 Å². The van der Waals surface area contributed by atoms with Gasteiger partial charge >= 0.3 is 0 Å². The zero-order valence-electron chi connectivity index (χ0n) is 7.72. The van der Waals surface area contributed by atoms with Crippen molar-refractivity contribution in [1.82, 2.24) is 0 Å². The van der Waals surface area contributed by atoms with E-state index in [4.69, 9.17) is 0 Å². The van der Waals surface area contributed by atoms with Gasteiger partial charge in [0.2, 0.25) is 0 Å². The van der Waals surface area contributed by atoms with Crippen LogP contribution in [0.25, 0.3) is 0 Å². The fourth-order valence-corrected chi connectivity index (χ4v) is 2.44. The summed E-state index contributed by atoms with van der Waals surface area (Å²) in [4.78, 5) is 4.19. The normalized spacial score (nSPS) is 14.9. The molecule has 0 heterocycles. The predicted molar refractivity (Wildman–Crippen MR) is 66.4 cm³/mol. The molecular weight excluding hydrogens is 281 g/mol. The Morgan fingerprint density at radius 1 is 1.33 bits per heavy atom. The molecule has 2 atom stereocenters. The molecule has 0 N–H and O–H groups in total. The van der Waals surface area contributed by atoms with Crippen LogP contribution in [0.1, 0.15) is 39.5 Å². The number of aliphatic imine (C=N–C) groups is 1. The lowest BCUT2D eigenvalue weighted by atomic mass is 10.1. The lowest BCUT2D eigenvalue weighted by molar-refractivity contribution is 0.567. The van der Waals surface area contributed by atoms with Gasteiger partial charge in [-0.2, -0.15) is 0 Å². The van der Waals surface area contributed by atoms with Crippen molar-refractivity contribution in [2.24, 2.45) is 4.99 Å². The van der Waals surface area contributed by atoms with Gasteiger partial charge in [0, 0.05) is 3.92 Å². The fraction of sp³-hybridized carbons (Fsp3) is 0.889. The Balaban J connectivity index is 3.98. The van der Waals surface area contributed by atoms with Crippen molar-refractivity contribution in [2.45, 2.75) is 49.5 Å². The maximum absolute atomic E-state index is 4.63. The second-order valence-corrected chi connectivity index (χ2v) is 4.66. The first-order chi connectivity index (χ1) is 5.76. The quantitative estimate of drug-likeness (QED) is 0.314. The summed E-state index contributed by atoms with van der Waals surface area (Å²) in [5.74, 6) is 0. The van der Waals surface area contributed by atoms with E-state index in [0.29, 0.717) is 9.97 Å². The molecule has 0 rings (SSSR count). The van der Waals surface area contributed by atoms with Crippen LogP contribution < -0.4 is 0 Å². The van der Waals surface area contributed by atoms with E-state index in [1.807, 2.05) is 0 Å². The van der Waals surface area contributed by atoms with Gasteiger partial charge in [-0.3, -0.25) is 0 Å². The van der Waals surface area contributed by atoms with Gasteiger partial charge in [0.05, 0.1) is 11.2 Å². The van der Waals surface area contributed by atoms with Crippen LogP contribution >= 0.6 is 34.8 Å². The Bertz CT molecular complexity index is 155. The Hall–Kier alpha value is 0.530. The number of hydrogen-bond acceptors (Lipinski definition) is 2. The Labute approximate surface area is 94.2 Å². The van der Waals surface area contributed by atoms with E-state index in [9.17, 15) is 0 Å². The molecule has 0 saturated carbocycles. The van der Waals surface area contributed by atoms with Crippen LogP contribution in [0.5, 0.6) is 0 Å². The number of isothiocyanates is 1. The minimum atomic E-state index is 0.396. The molecule has 0 amide bonds. The van der Waals surface area contributed by atoms with Crippen molar-refractivity contribution in [2.75, 3.05) is 0 Å². The van der Waals surface area contributed by atoms with Crippen LogP contribution in [0.2, 0.25) is 0 Å². The van der Waals surface area contributed by atoms with Crippen LogP contribution in [0.15, 0.2) is 4.99 Å². The third kappa shape index (κ3) is 5.22. The van der Waals surface area contributed by atoms with Crippen molar-refractivity contribution < 1.29 is 0 Å². The second kappa shape index (κ2) is 8.14. The summed E-state index contributed by atoms with van der Waals surface area (Å²) in [6.07, 6.45) is 4.76. The van der Waals surface area contributed by atoms with Crippen LogP contribution in [0.4, 0.5) is 0 Å². The highest BCUT2D eigenvalue weighted by atomic mass is 127. The molecule has 0 spiro atoms. The average Bonchev–Trinajstić information content (AvgIpc) is 2.04. The lowest BCUT2D eigenvalue weighted by Crippen LogP contribution is -2.17. The number of alkyl halides is 1.